The average Bonchev–Trinajstić information content (AvgIpc) is 3.12. The summed E-state index contributed by atoms with van der Waals surface area (Å²) in [7, 11) is 0. The minimum atomic E-state index is -0.599. The molecule has 1 aliphatic heterocycles. The van der Waals surface area contributed by atoms with Gasteiger partial charge in [-0.25, -0.2) is 4.68 Å². The van der Waals surface area contributed by atoms with Crippen LogP contribution in [0.1, 0.15) is 24.8 Å². The second-order valence-electron chi connectivity index (χ2n) is 5.35. The third-order valence-corrected chi connectivity index (χ3v) is 3.72. The van der Waals surface area contributed by atoms with Crippen molar-refractivity contribution in [3.63, 3.8) is 0 Å². The van der Waals surface area contributed by atoms with E-state index in [-0.39, 0.29) is 11.8 Å². The summed E-state index contributed by atoms with van der Waals surface area (Å²) in [5, 5.41) is 7.12. The summed E-state index contributed by atoms with van der Waals surface area (Å²) in [5.41, 5.74) is 0.831. The van der Waals surface area contributed by atoms with Gasteiger partial charge in [-0.1, -0.05) is 0 Å². The molecule has 7 heteroatoms. The fourth-order valence-corrected chi connectivity index (χ4v) is 2.61. The standard InChI is InChI=1S/C15H18N4O3/c1-10-8-13-18(17-10)6-5-14(20)19(13)11(2)15(21)16-9-12-4-3-7-22-12/h3-4,7-8,11H,5-6,9H2,1-2H3,(H,16,21)/t11-/m0/s1. The molecular weight excluding hydrogens is 284 g/mol. The van der Waals surface area contributed by atoms with Crippen molar-refractivity contribution in [3.05, 3.63) is 35.9 Å². The maximum Gasteiger partial charge on any atom is 0.243 e. The molecule has 3 heterocycles. The van der Waals surface area contributed by atoms with Crippen LogP contribution in [0.4, 0.5) is 5.82 Å². The zero-order valence-corrected chi connectivity index (χ0v) is 12.6. The van der Waals surface area contributed by atoms with Gasteiger partial charge in [-0.05, 0) is 26.0 Å². The van der Waals surface area contributed by atoms with E-state index in [9.17, 15) is 9.59 Å². The van der Waals surface area contributed by atoms with Crippen molar-refractivity contribution < 1.29 is 14.0 Å². The lowest BCUT2D eigenvalue weighted by Crippen LogP contribution is -2.50. The molecule has 116 valence electrons. The smallest absolute Gasteiger partial charge is 0.243 e. The molecule has 1 aliphatic rings. The molecule has 2 aromatic rings. The number of anilines is 1. The lowest BCUT2D eigenvalue weighted by molar-refractivity contribution is -0.126. The highest BCUT2D eigenvalue weighted by atomic mass is 16.3. The molecule has 2 amide bonds. The number of aryl methyl sites for hydroxylation is 2. The number of hydrogen-bond donors (Lipinski definition) is 1. The van der Waals surface area contributed by atoms with Crippen LogP contribution >= 0.6 is 0 Å². The Morgan fingerprint density at radius 2 is 2.36 bits per heavy atom. The fraction of sp³-hybridized carbons (Fsp3) is 0.400. The van der Waals surface area contributed by atoms with Gasteiger partial charge in [-0.3, -0.25) is 14.5 Å². The van der Waals surface area contributed by atoms with Crippen LogP contribution in [0.15, 0.2) is 28.9 Å². The van der Waals surface area contributed by atoms with Gasteiger partial charge in [0.2, 0.25) is 11.8 Å². The van der Waals surface area contributed by atoms with Gasteiger partial charge < -0.3 is 9.73 Å². The Balaban J connectivity index is 1.74. The Morgan fingerprint density at radius 3 is 3.09 bits per heavy atom. The van der Waals surface area contributed by atoms with E-state index < -0.39 is 6.04 Å². The first-order valence-electron chi connectivity index (χ1n) is 7.23. The van der Waals surface area contributed by atoms with Crippen molar-refractivity contribution in [1.82, 2.24) is 15.1 Å². The van der Waals surface area contributed by atoms with Crippen LogP contribution < -0.4 is 10.2 Å². The zero-order valence-electron chi connectivity index (χ0n) is 12.6. The quantitative estimate of drug-likeness (QED) is 0.921. The monoisotopic (exact) mass is 302 g/mol. The average molecular weight is 302 g/mol. The van der Waals surface area contributed by atoms with E-state index in [0.717, 1.165) is 5.69 Å². The minimum Gasteiger partial charge on any atom is -0.467 e. The third kappa shape index (κ3) is 2.61. The Hall–Kier alpha value is -2.57. The molecule has 0 spiro atoms. The maximum absolute atomic E-state index is 12.3. The zero-order chi connectivity index (χ0) is 15.7. The van der Waals surface area contributed by atoms with Crippen molar-refractivity contribution >= 4 is 17.6 Å². The predicted octanol–water partition coefficient (Wildman–Crippen LogP) is 1.23. The molecule has 0 bridgehead atoms. The van der Waals surface area contributed by atoms with Crippen LogP contribution in [-0.2, 0) is 22.7 Å². The molecule has 1 atom stereocenters. The molecule has 2 aromatic heterocycles. The number of nitrogens with one attached hydrogen (secondary N) is 1. The molecule has 0 saturated carbocycles. The SMILES string of the molecule is Cc1cc2n(n1)CCC(=O)N2[C@@H](C)C(=O)NCc1ccco1. The fourth-order valence-electron chi connectivity index (χ4n) is 2.61. The van der Waals surface area contributed by atoms with Gasteiger partial charge >= 0.3 is 0 Å². The topological polar surface area (TPSA) is 80.4 Å². The first kappa shape index (κ1) is 14.4. The molecule has 7 nitrogen and oxygen atoms in total. The highest BCUT2D eigenvalue weighted by Crippen LogP contribution is 2.24. The number of hydrogen-bond acceptors (Lipinski definition) is 4. The van der Waals surface area contributed by atoms with Crippen LogP contribution in [0, 0.1) is 6.92 Å². The third-order valence-electron chi connectivity index (χ3n) is 3.72. The van der Waals surface area contributed by atoms with Crippen LogP contribution in [-0.4, -0.2) is 27.6 Å². The molecular formula is C15H18N4O3. The largest absolute Gasteiger partial charge is 0.467 e. The van der Waals surface area contributed by atoms with Gasteiger partial charge in [-0.15, -0.1) is 0 Å². The highest BCUT2D eigenvalue weighted by Gasteiger charge is 2.32. The van der Waals surface area contributed by atoms with Crippen LogP contribution in [0.3, 0.4) is 0 Å². The van der Waals surface area contributed by atoms with E-state index in [1.807, 2.05) is 13.0 Å². The summed E-state index contributed by atoms with van der Waals surface area (Å²) in [6.45, 7) is 4.44. The van der Waals surface area contributed by atoms with E-state index in [1.165, 1.54) is 4.90 Å². The van der Waals surface area contributed by atoms with E-state index in [1.54, 1.807) is 30.0 Å². The van der Waals surface area contributed by atoms with Gasteiger partial charge in [0.05, 0.1) is 25.0 Å². The Bertz CT molecular complexity index is 690. The van der Waals surface area contributed by atoms with Crippen LogP contribution in [0.25, 0.3) is 0 Å². The van der Waals surface area contributed by atoms with Gasteiger partial charge in [0.15, 0.2) is 0 Å². The van der Waals surface area contributed by atoms with Crippen molar-refractivity contribution in [1.29, 1.82) is 0 Å². The summed E-state index contributed by atoms with van der Waals surface area (Å²) in [6.07, 6.45) is 1.91. The maximum atomic E-state index is 12.3. The van der Waals surface area contributed by atoms with E-state index >= 15 is 0 Å². The summed E-state index contributed by atoms with van der Waals surface area (Å²) >= 11 is 0. The number of rotatable bonds is 4. The second kappa shape index (κ2) is 5.67. The van der Waals surface area contributed by atoms with Gasteiger partial charge in [0.25, 0.3) is 0 Å². The predicted molar refractivity (Wildman–Crippen MR) is 79.1 cm³/mol. The summed E-state index contributed by atoms with van der Waals surface area (Å²) < 4.78 is 6.95. The second-order valence-corrected chi connectivity index (χ2v) is 5.35. The summed E-state index contributed by atoms with van der Waals surface area (Å²) in [6, 6.07) is 4.78. The first-order chi connectivity index (χ1) is 10.6. The summed E-state index contributed by atoms with van der Waals surface area (Å²) in [5.74, 6) is 1.06. The van der Waals surface area contributed by atoms with Gasteiger partial charge in [0.1, 0.15) is 17.6 Å². The van der Waals surface area contributed by atoms with E-state index in [0.29, 0.717) is 31.1 Å². The number of aromatic nitrogens is 2. The molecule has 0 aliphatic carbocycles. The number of nitrogens with zero attached hydrogens (tertiary/aromatic N) is 3. The molecule has 1 N–H and O–H groups in total. The molecule has 3 rings (SSSR count). The molecule has 0 radical (unpaired) electrons. The normalized spacial score (nSPS) is 15.5. The first-order valence-corrected chi connectivity index (χ1v) is 7.23. The van der Waals surface area contributed by atoms with Crippen LogP contribution in [0.2, 0.25) is 0 Å². The minimum absolute atomic E-state index is 0.0620. The molecule has 0 saturated heterocycles. The van der Waals surface area contributed by atoms with Crippen molar-refractivity contribution in [3.8, 4) is 0 Å². The van der Waals surface area contributed by atoms with Gasteiger partial charge in [-0.2, -0.15) is 5.10 Å². The molecule has 0 aromatic carbocycles. The molecule has 22 heavy (non-hydrogen) atoms. The Morgan fingerprint density at radius 1 is 1.55 bits per heavy atom. The molecule has 0 fully saturated rings. The van der Waals surface area contributed by atoms with Crippen LogP contribution in [0.5, 0.6) is 0 Å². The van der Waals surface area contributed by atoms with Crippen molar-refractivity contribution in [2.45, 2.75) is 39.4 Å². The number of furan rings is 1. The Labute approximate surface area is 127 Å². The number of carbonyl (C=O) groups is 2. The lowest BCUT2D eigenvalue weighted by atomic mass is 10.2. The highest BCUT2D eigenvalue weighted by molar-refractivity contribution is 6.00. The number of amides is 2. The Kier molecular flexibility index (Phi) is 3.70. The van der Waals surface area contributed by atoms with E-state index in [2.05, 4.69) is 10.4 Å². The molecule has 0 unspecified atom stereocenters. The van der Waals surface area contributed by atoms with E-state index in [4.69, 9.17) is 4.42 Å². The van der Waals surface area contributed by atoms with Crippen molar-refractivity contribution in [2.75, 3.05) is 4.90 Å². The van der Waals surface area contributed by atoms with Crippen molar-refractivity contribution in [2.24, 2.45) is 0 Å². The number of fused-ring (bicyclic) bond motifs is 1. The van der Waals surface area contributed by atoms with Gasteiger partial charge in [0, 0.05) is 12.5 Å². The summed E-state index contributed by atoms with van der Waals surface area (Å²) in [4.78, 5) is 26.1. The number of carbonyl (C=O) groups excluding carboxylic acids is 2. The lowest BCUT2D eigenvalue weighted by Gasteiger charge is -2.31.